The number of hydrogen-bond acceptors (Lipinski definition) is 5. The normalized spacial score (nSPS) is 16.3. The molecule has 0 unspecified atom stereocenters. The Morgan fingerprint density at radius 2 is 1.55 bits per heavy atom. The first-order chi connectivity index (χ1) is 14.0. The Hall–Kier alpha value is -2.58. The van der Waals surface area contributed by atoms with Crippen LogP contribution in [0.4, 0.5) is 0 Å². The summed E-state index contributed by atoms with van der Waals surface area (Å²) < 4.78 is 38.1. The van der Waals surface area contributed by atoms with Crippen molar-refractivity contribution in [3.63, 3.8) is 0 Å². The van der Waals surface area contributed by atoms with E-state index in [0.717, 1.165) is 0 Å². The van der Waals surface area contributed by atoms with Crippen molar-refractivity contribution in [2.45, 2.75) is 24.3 Å². The first-order valence-electron chi connectivity index (χ1n) is 9.61. The summed E-state index contributed by atoms with van der Waals surface area (Å²) in [5.41, 5.74) is 0. The van der Waals surface area contributed by atoms with Crippen LogP contribution in [0.25, 0.3) is 0 Å². The fraction of sp³-hybridized carbons (Fsp3) is 0.381. The van der Waals surface area contributed by atoms with Crippen molar-refractivity contribution in [2.24, 2.45) is 0 Å². The number of para-hydroxylation sites is 2. The Morgan fingerprint density at radius 3 is 2.14 bits per heavy atom. The second-order valence-corrected chi connectivity index (χ2v) is 8.65. The number of sulfonamides is 1. The maximum atomic E-state index is 13.0. The number of methoxy groups -OCH3 is 1. The minimum absolute atomic E-state index is 0.143. The fourth-order valence-corrected chi connectivity index (χ4v) is 4.72. The van der Waals surface area contributed by atoms with Crippen molar-refractivity contribution in [1.29, 1.82) is 0 Å². The highest BCUT2D eigenvalue weighted by atomic mass is 32.2. The van der Waals surface area contributed by atoms with Gasteiger partial charge in [-0.3, -0.25) is 4.79 Å². The third-order valence-electron chi connectivity index (χ3n) is 4.92. The third kappa shape index (κ3) is 4.71. The molecule has 1 aliphatic heterocycles. The molecule has 1 heterocycles. The Balaban J connectivity index is 1.64. The van der Waals surface area contributed by atoms with Crippen molar-refractivity contribution in [2.75, 3.05) is 33.3 Å². The van der Waals surface area contributed by atoms with Crippen molar-refractivity contribution in [3.05, 3.63) is 54.6 Å². The second kappa shape index (κ2) is 9.28. The molecule has 2 aromatic rings. The van der Waals surface area contributed by atoms with E-state index in [4.69, 9.17) is 9.47 Å². The highest BCUT2D eigenvalue weighted by Crippen LogP contribution is 2.28. The zero-order valence-electron chi connectivity index (χ0n) is 16.7. The maximum Gasteiger partial charge on any atom is 0.263 e. The average Bonchev–Trinajstić information content (AvgIpc) is 2.78. The number of ether oxygens (including phenoxy) is 2. The number of hydrogen-bond donors (Lipinski definition) is 0. The quantitative estimate of drug-likeness (QED) is 0.690. The van der Waals surface area contributed by atoms with E-state index < -0.39 is 16.1 Å². The molecule has 1 fully saturated rings. The number of benzene rings is 2. The van der Waals surface area contributed by atoms with Gasteiger partial charge >= 0.3 is 0 Å². The summed E-state index contributed by atoms with van der Waals surface area (Å²) in [5.74, 6) is 0.938. The van der Waals surface area contributed by atoms with Gasteiger partial charge in [0.1, 0.15) is 0 Å². The van der Waals surface area contributed by atoms with E-state index in [9.17, 15) is 13.2 Å². The van der Waals surface area contributed by atoms with E-state index in [1.807, 2.05) is 19.1 Å². The van der Waals surface area contributed by atoms with E-state index in [1.54, 1.807) is 54.5 Å². The molecule has 0 saturated carbocycles. The van der Waals surface area contributed by atoms with Crippen LogP contribution in [0.15, 0.2) is 59.5 Å². The molecule has 7 nitrogen and oxygen atoms in total. The Bertz CT molecular complexity index is 925. The standard InChI is InChI=1S/C21H26N2O5S/c1-3-18(28-20-12-8-7-11-19(20)27-2)21(24)22-13-15-23(16-14-22)29(25,26)17-9-5-4-6-10-17/h4-12,18H,3,13-16H2,1-2H3/t18-/m0/s1. The lowest BCUT2D eigenvalue weighted by atomic mass is 10.2. The molecule has 1 aliphatic rings. The maximum absolute atomic E-state index is 13.0. The third-order valence-corrected chi connectivity index (χ3v) is 6.83. The molecule has 29 heavy (non-hydrogen) atoms. The van der Waals surface area contributed by atoms with Gasteiger partial charge in [0.2, 0.25) is 10.0 Å². The van der Waals surface area contributed by atoms with Crippen LogP contribution in [0.2, 0.25) is 0 Å². The summed E-state index contributed by atoms with van der Waals surface area (Å²) in [5, 5.41) is 0. The minimum Gasteiger partial charge on any atom is -0.493 e. The smallest absolute Gasteiger partial charge is 0.263 e. The summed E-state index contributed by atoms with van der Waals surface area (Å²) in [7, 11) is -1.99. The monoisotopic (exact) mass is 418 g/mol. The summed E-state index contributed by atoms with van der Waals surface area (Å²) in [6, 6.07) is 15.5. The van der Waals surface area contributed by atoms with E-state index in [0.29, 0.717) is 31.0 Å². The lowest BCUT2D eigenvalue weighted by Crippen LogP contribution is -2.53. The molecule has 1 amide bonds. The molecule has 1 atom stereocenters. The first-order valence-corrected chi connectivity index (χ1v) is 11.0. The van der Waals surface area contributed by atoms with E-state index in [-0.39, 0.29) is 23.9 Å². The van der Waals surface area contributed by atoms with Crippen LogP contribution in [-0.4, -0.2) is 62.9 Å². The molecule has 3 rings (SSSR count). The highest BCUT2D eigenvalue weighted by Gasteiger charge is 2.33. The van der Waals surface area contributed by atoms with Crippen LogP contribution in [0.5, 0.6) is 11.5 Å². The van der Waals surface area contributed by atoms with Crippen LogP contribution in [0.1, 0.15) is 13.3 Å². The molecule has 2 aromatic carbocycles. The van der Waals surface area contributed by atoms with Crippen molar-refractivity contribution >= 4 is 15.9 Å². The van der Waals surface area contributed by atoms with Crippen molar-refractivity contribution in [3.8, 4) is 11.5 Å². The van der Waals surface area contributed by atoms with Gasteiger partial charge in [0, 0.05) is 26.2 Å². The molecule has 0 N–H and O–H groups in total. The van der Waals surface area contributed by atoms with Crippen LogP contribution >= 0.6 is 0 Å². The van der Waals surface area contributed by atoms with Gasteiger partial charge in [-0.2, -0.15) is 4.31 Å². The van der Waals surface area contributed by atoms with Gasteiger partial charge in [-0.25, -0.2) is 8.42 Å². The lowest BCUT2D eigenvalue weighted by Gasteiger charge is -2.35. The SMILES string of the molecule is CC[C@H](Oc1ccccc1OC)C(=O)N1CCN(S(=O)(=O)c2ccccc2)CC1. The predicted molar refractivity (Wildman–Crippen MR) is 109 cm³/mol. The van der Waals surface area contributed by atoms with E-state index in [1.165, 1.54) is 4.31 Å². The molecular weight excluding hydrogens is 392 g/mol. The average molecular weight is 419 g/mol. The van der Waals surface area contributed by atoms with Gasteiger partial charge in [-0.1, -0.05) is 37.3 Å². The molecule has 156 valence electrons. The largest absolute Gasteiger partial charge is 0.493 e. The Labute approximate surface area is 171 Å². The van der Waals surface area contributed by atoms with E-state index in [2.05, 4.69) is 0 Å². The predicted octanol–water partition coefficient (Wildman–Crippen LogP) is 2.39. The molecule has 0 aliphatic carbocycles. The summed E-state index contributed by atoms with van der Waals surface area (Å²) in [4.78, 5) is 14.9. The van der Waals surface area contributed by atoms with Crippen LogP contribution < -0.4 is 9.47 Å². The highest BCUT2D eigenvalue weighted by molar-refractivity contribution is 7.89. The van der Waals surface area contributed by atoms with Crippen LogP contribution in [-0.2, 0) is 14.8 Å². The van der Waals surface area contributed by atoms with E-state index >= 15 is 0 Å². The Morgan fingerprint density at radius 1 is 0.966 bits per heavy atom. The molecule has 0 radical (unpaired) electrons. The molecule has 8 heteroatoms. The van der Waals surface area contributed by atoms with Gasteiger partial charge in [0.05, 0.1) is 12.0 Å². The van der Waals surface area contributed by atoms with Crippen LogP contribution in [0.3, 0.4) is 0 Å². The van der Waals surface area contributed by atoms with Crippen LogP contribution in [0, 0.1) is 0 Å². The molecule has 0 spiro atoms. The summed E-state index contributed by atoms with van der Waals surface area (Å²) in [6.07, 6.45) is -0.150. The Kier molecular flexibility index (Phi) is 6.76. The van der Waals surface area contributed by atoms with Gasteiger partial charge in [-0.05, 0) is 30.7 Å². The summed E-state index contributed by atoms with van der Waals surface area (Å²) in [6.45, 7) is 3.06. The molecule has 0 bridgehead atoms. The van der Waals surface area contributed by atoms with Gasteiger partial charge in [0.25, 0.3) is 5.91 Å². The first kappa shape index (κ1) is 21.1. The second-order valence-electron chi connectivity index (χ2n) is 6.71. The number of amides is 1. The molecular formula is C21H26N2O5S. The van der Waals surface area contributed by atoms with Gasteiger partial charge < -0.3 is 14.4 Å². The number of rotatable bonds is 7. The minimum atomic E-state index is -3.55. The number of piperazine rings is 1. The number of carbonyl (C=O) groups excluding carboxylic acids is 1. The lowest BCUT2D eigenvalue weighted by molar-refractivity contribution is -0.140. The van der Waals surface area contributed by atoms with Gasteiger partial charge in [0.15, 0.2) is 17.6 Å². The molecule has 1 saturated heterocycles. The van der Waals surface area contributed by atoms with Gasteiger partial charge in [-0.15, -0.1) is 0 Å². The fourth-order valence-electron chi connectivity index (χ4n) is 3.27. The topological polar surface area (TPSA) is 76.2 Å². The number of carbonyl (C=O) groups is 1. The summed E-state index contributed by atoms with van der Waals surface area (Å²) >= 11 is 0. The van der Waals surface area contributed by atoms with Crippen molar-refractivity contribution in [1.82, 2.24) is 9.21 Å². The zero-order valence-corrected chi connectivity index (χ0v) is 17.5. The number of nitrogens with zero attached hydrogens (tertiary/aromatic N) is 2. The van der Waals surface area contributed by atoms with Crippen molar-refractivity contribution < 1.29 is 22.7 Å². The zero-order chi connectivity index (χ0) is 20.9. The molecule has 0 aromatic heterocycles.